The van der Waals surface area contributed by atoms with E-state index in [-0.39, 0.29) is 5.82 Å². The molecule has 0 spiro atoms. The second-order valence-electron chi connectivity index (χ2n) is 7.14. The van der Waals surface area contributed by atoms with Crippen molar-refractivity contribution in [3.05, 3.63) is 89.7 Å². The molecule has 0 fully saturated rings. The minimum atomic E-state index is -0.302. The molecule has 0 aliphatic rings. The summed E-state index contributed by atoms with van der Waals surface area (Å²) in [5, 5.41) is 4.00. The van der Waals surface area contributed by atoms with Crippen molar-refractivity contribution < 1.29 is 13.7 Å². The molecule has 29 heavy (non-hydrogen) atoms. The molecule has 0 radical (unpaired) electrons. The van der Waals surface area contributed by atoms with Crippen molar-refractivity contribution in [3.63, 3.8) is 0 Å². The number of hydrogen-bond donors (Lipinski definition) is 0. The maximum Gasteiger partial charge on any atom is 0.258 e. The first kappa shape index (κ1) is 18.9. The van der Waals surface area contributed by atoms with E-state index in [1.807, 2.05) is 36.4 Å². The van der Waals surface area contributed by atoms with Crippen molar-refractivity contribution >= 4 is 0 Å². The summed E-state index contributed by atoms with van der Waals surface area (Å²) < 4.78 is 24.4. The monoisotopic (exact) mass is 388 g/mol. The lowest BCUT2D eigenvalue weighted by Crippen LogP contribution is -1.96. The molecule has 4 aromatic rings. The molecule has 0 unspecified atom stereocenters. The average Bonchev–Trinajstić information content (AvgIpc) is 3.24. The van der Waals surface area contributed by atoms with Crippen LogP contribution >= 0.6 is 0 Å². The molecule has 0 bridgehead atoms. The molecule has 4 rings (SSSR count). The standard InChI is InChI=1S/C24H21FN2O2/c1-16(2)18-8-12-22(13-9-18)28-15-17-4-3-5-20(14-17)24-26-23(27-29-24)19-6-10-21(25)11-7-19/h3-14,16H,15H2,1-2H3. The van der Waals surface area contributed by atoms with E-state index in [4.69, 9.17) is 9.26 Å². The number of nitrogens with zero attached hydrogens (tertiary/aromatic N) is 2. The Bertz CT molecular complexity index is 1090. The van der Waals surface area contributed by atoms with Crippen LogP contribution in [0.5, 0.6) is 5.75 Å². The zero-order valence-corrected chi connectivity index (χ0v) is 16.3. The molecule has 146 valence electrons. The van der Waals surface area contributed by atoms with Crippen LogP contribution in [0.3, 0.4) is 0 Å². The Morgan fingerprint density at radius 2 is 1.69 bits per heavy atom. The van der Waals surface area contributed by atoms with Crippen molar-refractivity contribution in [2.24, 2.45) is 0 Å². The Hall–Kier alpha value is -3.47. The maximum absolute atomic E-state index is 13.1. The number of aromatic nitrogens is 2. The van der Waals surface area contributed by atoms with E-state index in [1.54, 1.807) is 12.1 Å². The van der Waals surface area contributed by atoms with E-state index < -0.39 is 0 Å². The zero-order valence-electron chi connectivity index (χ0n) is 16.3. The molecule has 0 N–H and O–H groups in total. The van der Waals surface area contributed by atoms with E-state index >= 15 is 0 Å². The Morgan fingerprint density at radius 3 is 2.41 bits per heavy atom. The van der Waals surface area contributed by atoms with Crippen LogP contribution in [0.25, 0.3) is 22.8 Å². The summed E-state index contributed by atoms with van der Waals surface area (Å²) in [6, 6.07) is 21.9. The summed E-state index contributed by atoms with van der Waals surface area (Å²) >= 11 is 0. The van der Waals surface area contributed by atoms with Gasteiger partial charge in [-0.2, -0.15) is 4.98 Å². The van der Waals surface area contributed by atoms with Crippen LogP contribution in [0.1, 0.15) is 30.9 Å². The Labute approximate surface area is 169 Å². The molecule has 4 nitrogen and oxygen atoms in total. The van der Waals surface area contributed by atoms with E-state index in [9.17, 15) is 4.39 Å². The predicted molar refractivity (Wildman–Crippen MR) is 110 cm³/mol. The van der Waals surface area contributed by atoms with E-state index in [2.05, 4.69) is 36.1 Å². The molecule has 0 saturated heterocycles. The van der Waals surface area contributed by atoms with Crippen LogP contribution in [0, 0.1) is 5.82 Å². The Morgan fingerprint density at radius 1 is 0.931 bits per heavy atom. The van der Waals surface area contributed by atoms with Crippen molar-refractivity contribution in [3.8, 4) is 28.6 Å². The van der Waals surface area contributed by atoms with Crippen LogP contribution in [0.15, 0.2) is 77.3 Å². The van der Waals surface area contributed by atoms with Gasteiger partial charge in [-0.1, -0.05) is 43.3 Å². The first-order valence-electron chi connectivity index (χ1n) is 9.50. The van der Waals surface area contributed by atoms with E-state index in [1.165, 1.54) is 17.7 Å². The van der Waals surface area contributed by atoms with Gasteiger partial charge in [0.05, 0.1) is 0 Å². The highest BCUT2D eigenvalue weighted by Gasteiger charge is 2.11. The minimum Gasteiger partial charge on any atom is -0.489 e. The topological polar surface area (TPSA) is 48.2 Å². The van der Waals surface area contributed by atoms with Gasteiger partial charge in [0.2, 0.25) is 5.82 Å². The lowest BCUT2D eigenvalue weighted by atomic mass is 10.0. The normalized spacial score (nSPS) is 11.0. The van der Waals surface area contributed by atoms with Crippen molar-refractivity contribution in [2.75, 3.05) is 0 Å². The third kappa shape index (κ3) is 4.51. The number of ether oxygens (including phenoxy) is 1. The lowest BCUT2D eigenvalue weighted by molar-refractivity contribution is 0.306. The lowest BCUT2D eigenvalue weighted by Gasteiger charge is -2.09. The van der Waals surface area contributed by atoms with Crippen LogP contribution in [0.2, 0.25) is 0 Å². The second-order valence-corrected chi connectivity index (χ2v) is 7.14. The van der Waals surface area contributed by atoms with Gasteiger partial charge in [0.25, 0.3) is 5.89 Å². The smallest absolute Gasteiger partial charge is 0.258 e. The quantitative estimate of drug-likeness (QED) is 0.392. The predicted octanol–water partition coefficient (Wildman–Crippen LogP) is 6.25. The summed E-state index contributed by atoms with van der Waals surface area (Å²) in [6.45, 7) is 4.77. The van der Waals surface area contributed by atoms with Crippen LogP contribution in [-0.2, 0) is 6.61 Å². The van der Waals surface area contributed by atoms with Gasteiger partial charge in [-0.25, -0.2) is 4.39 Å². The highest BCUT2D eigenvalue weighted by molar-refractivity contribution is 5.60. The SMILES string of the molecule is CC(C)c1ccc(OCc2cccc(-c3nc(-c4ccc(F)cc4)no3)c2)cc1. The van der Waals surface area contributed by atoms with Crippen LogP contribution < -0.4 is 4.74 Å². The van der Waals surface area contributed by atoms with Gasteiger partial charge in [0.15, 0.2) is 0 Å². The van der Waals surface area contributed by atoms with Crippen molar-refractivity contribution in [2.45, 2.75) is 26.4 Å². The first-order chi connectivity index (χ1) is 14.1. The van der Waals surface area contributed by atoms with Crippen LogP contribution in [0.4, 0.5) is 4.39 Å². The summed E-state index contributed by atoms with van der Waals surface area (Å²) in [4.78, 5) is 4.42. The van der Waals surface area contributed by atoms with Gasteiger partial charge in [-0.3, -0.25) is 0 Å². The summed E-state index contributed by atoms with van der Waals surface area (Å²) in [7, 11) is 0. The molecular weight excluding hydrogens is 367 g/mol. The highest BCUT2D eigenvalue weighted by Crippen LogP contribution is 2.24. The summed E-state index contributed by atoms with van der Waals surface area (Å²) in [5.41, 5.74) is 3.79. The number of benzene rings is 3. The zero-order chi connectivity index (χ0) is 20.2. The Kier molecular flexibility index (Phi) is 5.38. The average molecular weight is 388 g/mol. The fourth-order valence-corrected chi connectivity index (χ4v) is 2.97. The Balaban J connectivity index is 1.47. The fourth-order valence-electron chi connectivity index (χ4n) is 2.97. The third-order valence-corrected chi connectivity index (χ3v) is 4.65. The third-order valence-electron chi connectivity index (χ3n) is 4.65. The van der Waals surface area contributed by atoms with Gasteiger partial charge >= 0.3 is 0 Å². The van der Waals surface area contributed by atoms with E-state index in [0.717, 1.165) is 16.9 Å². The molecule has 3 aromatic carbocycles. The molecule has 5 heteroatoms. The molecule has 0 saturated carbocycles. The first-order valence-corrected chi connectivity index (χ1v) is 9.50. The maximum atomic E-state index is 13.1. The van der Waals surface area contributed by atoms with Crippen LogP contribution in [-0.4, -0.2) is 10.1 Å². The van der Waals surface area contributed by atoms with Crippen molar-refractivity contribution in [1.29, 1.82) is 0 Å². The fraction of sp³-hybridized carbons (Fsp3) is 0.167. The molecule has 0 aliphatic heterocycles. The van der Waals surface area contributed by atoms with Gasteiger partial charge in [0.1, 0.15) is 18.2 Å². The van der Waals surface area contributed by atoms with Gasteiger partial charge in [0, 0.05) is 11.1 Å². The summed E-state index contributed by atoms with van der Waals surface area (Å²) in [5.74, 6) is 1.86. The molecular formula is C24H21FN2O2. The molecule has 0 aliphatic carbocycles. The largest absolute Gasteiger partial charge is 0.489 e. The number of rotatable bonds is 6. The molecule has 1 heterocycles. The summed E-state index contributed by atoms with van der Waals surface area (Å²) in [6.07, 6.45) is 0. The molecule has 0 amide bonds. The molecule has 0 atom stereocenters. The van der Waals surface area contributed by atoms with Gasteiger partial charge in [-0.15, -0.1) is 0 Å². The van der Waals surface area contributed by atoms with Gasteiger partial charge in [-0.05, 0) is 65.6 Å². The highest BCUT2D eigenvalue weighted by atomic mass is 19.1. The minimum absolute atomic E-state index is 0.302. The van der Waals surface area contributed by atoms with Gasteiger partial charge < -0.3 is 9.26 Å². The number of hydrogen-bond acceptors (Lipinski definition) is 4. The number of halogens is 1. The second kappa shape index (κ2) is 8.27. The molecule has 1 aromatic heterocycles. The van der Waals surface area contributed by atoms with Crippen molar-refractivity contribution in [1.82, 2.24) is 10.1 Å². The van der Waals surface area contributed by atoms with E-state index in [0.29, 0.717) is 29.8 Å².